The Morgan fingerprint density at radius 2 is 1.76 bits per heavy atom. The van der Waals surface area contributed by atoms with Crippen LogP contribution in [0.25, 0.3) is 17.1 Å². The zero-order chi connectivity index (χ0) is 24.3. The predicted molar refractivity (Wildman–Crippen MR) is 117 cm³/mol. The van der Waals surface area contributed by atoms with Crippen LogP contribution in [0.4, 0.5) is 23.2 Å². The maximum atomic E-state index is 13.9. The molecule has 1 aromatic heterocycles. The number of aromatic nitrogens is 3. The van der Waals surface area contributed by atoms with Gasteiger partial charge in [-0.3, -0.25) is 4.79 Å². The fraction of sp³-hybridized carbons (Fsp3) is 0.125. The minimum absolute atomic E-state index is 0.0400. The zero-order valence-electron chi connectivity index (χ0n) is 17.8. The first-order valence-corrected chi connectivity index (χ1v) is 10.2. The molecule has 0 saturated carbocycles. The first-order valence-electron chi connectivity index (χ1n) is 10.2. The zero-order valence-corrected chi connectivity index (χ0v) is 17.8. The summed E-state index contributed by atoms with van der Waals surface area (Å²) in [6.45, 7) is 2.03. The van der Waals surface area contributed by atoms with E-state index in [-0.39, 0.29) is 24.0 Å². The Labute approximate surface area is 191 Å². The lowest BCUT2D eigenvalue weighted by Gasteiger charge is -2.10. The molecule has 0 spiro atoms. The third-order valence-corrected chi connectivity index (χ3v) is 4.80. The van der Waals surface area contributed by atoms with Gasteiger partial charge in [-0.2, -0.15) is 18.2 Å². The highest BCUT2D eigenvalue weighted by atomic mass is 19.4. The van der Waals surface area contributed by atoms with Gasteiger partial charge in [0.15, 0.2) is 5.82 Å². The second-order valence-corrected chi connectivity index (χ2v) is 7.12. The number of carbonyl (C=O) groups excluding carboxylic acids is 1. The van der Waals surface area contributed by atoms with Gasteiger partial charge in [-0.05, 0) is 49.4 Å². The van der Waals surface area contributed by atoms with Crippen LogP contribution in [0.3, 0.4) is 0 Å². The maximum absolute atomic E-state index is 13.9. The molecule has 1 heterocycles. The molecule has 0 aliphatic rings. The van der Waals surface area contributed by atoms with Crippen molar-refractivity contribution in [2.75, 3.05) is 11.9 Å². The third-order valence-electron chi connectivity index (χ3n) is 4.80. The molecule has 10 heteroatoms. The van der Waals surface area contributed by atoms with Crippen LogP contribution in [-0.4, -0.2) is 27.3 Å². The van der Waals surface area contributed by atoms with Crippen LogP contribution in [0.5, 0.6) is 6.01 Å². The summed E-state index contributed by atoms with van der Waals surface area (Å²) in [6.07, 6.45) is -4.46. The Morgan fingerprint density at radius 3 is 2.44 bits per heavy atom. The maximum Gasteiger partial charge on any atom is 0.416 e. The fourth-order valence-corrected chi connectivity index (χ4v) is 3.22. The van der Waals surface area contributed by atoms with Gasteiger partial charge in [0.25, 0.3) is 5.91 Å². The summed E-state index contributed by atoms with van der Waals surface area (Å²) in [5.74, 6) is -1.04. The van der Waals surface area contributed by atoms with Crippen molar-refractivity contribution in [2.24, 2.45) is 0 Å². The van der Waals surface area contributed by atoms with E-state index in [1.54, 1.807) is 37.3 Å². The number of amides is 1. The van der Waals surface area contributed by atoms with E-state index in [1.165, 1.54) is 35.0 Å². The normalized spacial score (nSPS) is 11.3. The monoisotopic (exact) mass is 470 g/mol. The molecule has 6 nitrogen and oxygen atoms in total. The van der Waals surface area contributed by atoms with E-state index in [2.05, 4.69) is 15.4 Å². The lowest BCUT2D eigenvalue weighted by atomic mass is 10.1. The van der Waals surface area contributed by atoms with Crippen molar-refractivity contribution in [3.05, 3.63) is 89.7 Å². The Kier molecular flexibility index (Phi) is 6.31. The van der Waals surface area contributed by atoms with Crippen molar-refractivity contribution in [2.45, 2.75) is 13.1 Å². The van der Waals surface area contributed by atoms with Crippen LogP contribution in [0.15, 0.2) is 72.8 Å². The molecule has 0 radical (unpaired) electrons. The number of carbonyl (C=O) groups is 1. The van der Waals surface area contributed by atoms with Crippen LogP contribution in [0.1, 0.15) is 22.8 Å². The smallest absolute Gasteiger partial charge is 0.416 e. The molecule has 0 aliphatic carbocycles. The number of alkyl halides is 3. The van der Waals surface area contributed by atoms with Crippen LogP contribution in [0, 0.1) is 5.82 Å². The van der Waals surface area contributed by atoms with Gasteiger partial charge >= 0.3 is 12.2 Å². The molecule has 0 fully saturated rings. The molecule has 1 amide bonds. The Morgan fingerprint density at radius 1 is 1.03 bits per heavy atom. The van der Waals surface area contributed by atoms with Crippen LogP contribution in [0.2, 0.25) is 0 Å². The van der Waals surface area contributed by atoms with E-state index in [9.17, 15) is 22.4 Å². The number of nitrogens with zero attached hydrogens (tertiary/aromatic N) is 3. The highest BCUT2D eigenvalue weighted by Crippen LogP contribution is 2.32. The quantitative estimate of drug-likeness (QED) is 0.365. The minimum Gasteiger partial charge on any atom is -0.463 e. The van der Waals surface area contributed by atoms with Gasteiger partial charge in [0.05, 0.1) is 23.4 Å². The lowest BCUT2D eigenvalue weighted by Crippen LogP contribution is -2.14. The average Bonchev–Trinajstić information content (AvgIpc) is 3.23. The molecule has 3 aromatic carbocycles. The number of halogens is 4. The standard InChI is InChI=1S/C24H18F4N4O2/c1-2-34-23-30-21(15-10-12-16(13-11-15)24(26,27)28)32(31-23)18-7-5-6-17(14-18)29-22(33)19-8-3-4-9-20(19)25/h3-14H,2H2,1H3,(H,29,33). The molecule has 4 aromatic rings. The molecule has 0 aliphatic heterocycles. The summed E-state index contributed by atoms with van der Waals surface area (Å²) in [5.41, 5.74) is 0.299. The van der Waals surface area contributed by atoms with Crippen molar-refractivity contribution in [1.29, 1.82) is 0 Å². The van der Waals surface area contributed by atoms with Crippen LogP contribution < -0.4 is 10.1 Å². The van der Waals surface area contributed by atoms with Gasteiger partial charge in [-0.1, -0.05) is 30.3 Å². The van der Waals surface area contributed by atoms with Gasteiger partial charge in [-0.25, -0.2) is 9.07 Å². The Hall–Kier alpha value is -4.21. The number of anilines is 1. The van der Waals surface area contributed by atoms with Gasteiger partial charge in [0.1, 0.15) is 5.82 Å². The number of nitrogens with one attached hydrogen (secondary N) is 1. The van der Waals surface area contributed by atoms with Crippen LogP contribution in [-0.2, 0) is 6.18 Å². The largest absolute Gasteiger partial charge is 0.463 e. The third kappa shape index (κ3) is 4.90. The second-order valence-electron chi connectivity index (χ2n) is 7.12. The highest BCUT2D eigenvalue weighted by Gasteiger charge is 2.30. The lowest BCUT2D eigenvalue weighted by molar-refractivity contribution is -0.137. The first-order chi connectivity index (χ1) is 16.3. The topological polar surface area (TPSA) is 69.0 Å². The number of ether oxygens (including phenoxy) is 1. The minimum atomic E-state index is -4.46. The molecule has 0 unspecified atom stereocenters. The van der Waals surface area contributed by atoms with Crippen molar-refractivity contribution in [3.8, 4) is 23.1 Å². The molecular weight excluding hydrogens is 452 g/mol. The van der Waals surface area contributed by atoms with Gasteiger partial charge in [0, 0.05) is 11.3 Å². The number of benzene rings is 3. The van der Waals surface area contributed by atoms with E-state index in [4.69, 9.17) is 4.74 Å². The molecular formula is C24H18F4N4O2. The summed E-state index contributed by atoms with van der Waals surface area (Å²) in [4.78, 5) is 16.8. The predicted octanol–water partition coefficient (Wildman–Crippen LogP) is 5.74. The van der Waals surface area contributed by atoms with E-state index in [0.29, 0.717) is 16.9 Å². The molecule has 0 atom stereocenters. The van der Waals surface area contributed by atoms with Gasteiger partial charge in [0.2, 0.25) is 0 Å². The molecule has 1 N–H and O–H groups in total. The molecule has 4 rings (SSSR count). The van der Waals surface area contributed by atoms with Gasteiger partial charge in [-0.15, -0.1) is 5.10 Å². The summed E-state index contributed by atoms with van der Waals surface area (Å²) >= 11 is 0. The fourth-order valence-electron chi connectivity index (χ4n) is 3.22. The first kappa shape index (κ1) is 23.0. The van der Waals surface area contributed by atoms with Gasteiger partial charge < -0.3 is 10.1 Å². The second kappa shape index (κ2) is 9.34. The van der Waals surface area contributed by atoms with E-state index < -0.39 is 23.5 Å². The Bertz CT molecular complexity index is 1320. The number of hydrogen-bond donors (Lipinski definition) is 1. The van der Waals surface area contributed by atoms with E-state index in [0.717, 1.165) is 12.1 Å². The molecule has 0 saturated heterocycles. The SMILES string of the molecule is CCOc1nc(-c2ccc(C(F)(F)F)cc2)n(-c2cccc(NC(=O)c3ccccc3F)c2)n1. The summed E-state index contributed by atoms with van der Waals surface area (Å²) in [6, 6.07) is 16.6. The van der Waals surface area contributed by atoms with E-state index >= 15 is 0 Å². The van der Waals surface area contributed by atoms with Crippen molar-refractivity contribution >= 4 is 11.6 Å². The number of hydrogen-bond acceptors (Lipinski definition) is 4. The number of rotatable bonds is 6. The summed E-state index contributed by atoms with van der Waals surface area (Å²) in [5, 5.41) is 6.93. The van der Waals surface area contributed by atoms with Crippen LogP contribution >= 0.6 is 0 Å². The van der Waals surface area contributed by atoms with E-state index in [1.807, 2.05) is 0 Å². The summed E-state index contributed by atoms with van der Waals surface area (Å²) < 4.78 is 59.6. The average molecular weight is 470 g/mol. The molecule has 174 valence electrons. The summed E-state index contributed by atoms with van der Waals surface area (Å²) in [7, 11) is 0. The molecule has 34 heavy (non-hydrogen) atoms. The van der Waals surface area contributed by atoms with Crippen molar-refractivity contribution in [3.63, 3.8) is 0 Å². The van der Waals surface area contributed by atoms with Crippen molar-refractivity contribution in [1.82, 2.24) is 14.8 Å². The Balaban J connectivity index is 1.69. The van der Waals surface area contributed by atoms with Crippen molar-refractivity contribution < 1.29 is 27.1 Å². The highest BCUT2D eigenvalue weighted by molar-refractivity contribution is 6.04. The molecule has 0 bridgehead atoms.